The number of aromatic amines is 1. The number of rotatable bonds is 4. The summed E-state index contributed by atoms with van der Waals surface area (Å²) in [5, 5.41) is 19.5. The predicted octanol–water partition coefficient (Wildman–Crippen LogP) is 3.51. The molecule has 0 aliphatic heterocycles. The summed E-state index contributed by atoms with van der Waals surface area (Å²) in [7, 11) is 0. The van der Waals surface area contributed by atoms with E-state index in [4.69, 9.17) is 5.11 Å². The van der Waals surface area contributed by atoms with Crippen LogP contribution in [-0.4, -0.2) is 21.3 Å². The smallest absolute Gasteiger partial charge is 0.337 e. The lowest BCUT2D eigenvalue weighted by molar-refractivity contribution is 0.0698. The fourth-order valence-corrected chi connectivity index (χ4v) is 2.76. The summed E-state index contributed by atoms with van der Waals surface area (Å²) in [6.07, 6.45) is 4.91. The number of nitrogens with zero attached hydrogens (tertiary/aromatic N) is 1. The molecule has 5 heteroatoms. The molecule has 5 nitrogen and oxygen atoms in total. The third kappa shape index (κ3) is 2.52. The van der Waals surface area contributed by atoms with E-state index in [1.807, 2.05) is 12.1 Å². The maximum atomic E-state index is 11.2. The average Bonchev–Trinajstić information content (AvgIpc) is 3.09. The minimum Gasteiger partial charge on any atom is -0.478 e. The van der Waals surface area contributed by atoms with Crippen molar-refractivity contribution in [2.75, 3.05) is 5.32 Å². The van der Waals surface area contributed by atoms with Gasteiger partial charge in [-0.1, -0.05) is 25.0 Å². The molecular formula is C15H17N3O2. The molecule has 1 aliphatic rings. The van der Waals surface area contributed by atoms with Crippen LogP contribution in [0, 0.1) is 0 Å². The molecule has 1 aromatic carbocycles. The van der Waals surface area contributed by atoms with Gasteiger partial charge in [-0.2, -0.15) is 5.10 Å². The first-order chi connectivity index (χ1) is 9.74. The quantitative estimate of drug-likeness (QED) is 0.795. The van der Waals surface area contributed by atoms with Crippen molar-refractivity contribution < 1.29 is 9.90 Å². The SMILES string of the molecule is O=C(O)c1ccccc1Nc1cc(C2CCCC2)n[nH]1. The number of hydrogen-bond acceptors (Lipinski definition) is 3. The van der Waals surface area contributed by atoms with Crippen LogP contribution in [0.2, 0.25) is 0 Å². The van der Waals surface area contributed by atoms with Crippen LogP contribution in [0.5, 0.6) is 0 Å². The summed E-state index contributed by atoms with van der Waals surface area (Å²) in [4.78, 5) is 11.2. The topological polar surface area (TPSA) is 78.0 Å². The van der Waals surface area contributed by atoms with E-state index in [-0.39, 0.29) is 5.56 Å². The van der Waals surface area contributed by atoms with Crippen LogP contribution in [0.15, 0.2) is 30.3 Å². The molecule has 20 heavy (non-hydrogen) atoms. The first kappa shape index (κ1) is 12.7. The number of H-pyrrole nitrogens is 1. The number of carboxylic acid groups (broad SMARTS) is 1. The van der Waals surface area contributed by atoms with Gasteiger partial charge in [0.2, 0.25) is 0 Å². The van der Waals surface area contributed by atoms with E-state index in [0.717, 1.165) is 11.5 Å². The molecule has 1 saturated carbocycles. The van der Waals surface area contributed by atoms with Gasteiger partial charge in [0.25, 0.3) is 0 Å². The Morgan fingerprint density at radius 3 is 2.80 bits per heavy atom. The molecule has 0 atom stereocenters. The Hall–Kier alpha value is -2.30. The molecule has 0 spiro atoms. The Bertz CT molecular complexity index is 615. The fraction of sp³-hybridized carbons (Fsp3) is 0.333. The first-order valence-corrected chi connectivity index (χ1v) is 6.88. The summed E-state index contributed by atoms with van der Waals surface area (Å²) in [6, 6.07) is 8.83. The summed E-state index contributed by atoms with van der Waals surface area (Å²) >= 11 is 0. The largest absolute Gasteiger partial charge is 0.478 e. The van der Waals surface area contributed by atoms with E-state index in [1.54, 1.807) is 18.2 Å². The molecule has 2 aromatic rings. The molecule has 0 bridgehead atoms. The summed E-state index contributed by atoms with van der Waals surface area (Å²) in [5.41, 5.74) is 1.89. The zero-order valence-electron chi connectivity index (χ0n) is 11.1. The lowest BCUT2D eigenvalue weighted by Crippen LogP contribution is -2.02. The lowest BCUT2D eigenvalue weighted by Gasteiger charge is -2.06. The van der Waals surface area contributed by atoms with Crippen molar-refractivity contribution >= 4 is 17.5 Å². The highest BCUT2D eigenvalue weighted by molar-refractivity contribution is 5.94. The maximum absolute atomic E-state index is 11.2. The lowest BCUT2D eigenvalue weighted by atomic mass is 10.0. The highest BCUT2D eigenvalue weighted by Crippen LogP contribution is 2.34. The number of para-hydroxylation sites is 1. The van der Waals surface area contributed by atoms with Gasteiger partial charge in [0.05, 0.1) is 16.9 Å². The van der Waals surface area contributed by atoms with E-state index in [1.165, 1.54) is 25.7 Å². The number of aromatic nitrogens is 2. The minimum absolute atomic E-state index is 0.254. The number of nitrogens with one attached hydrogen (secondary N) is 2. The van der Waals surface area contributed by atoms with Crippen molar-refractivity contribution in [3.05, 3.63) is 41.6 Å². The Kier molecular flexibility index (Phi) is 3.41. The van der Waals surface area contributed by atoms with Crippen molar-refractivity contribution in [3.8, 4) is 0 Å². The van der Waals surface area contributed by atoms with Crippen molar-refractivity contribution in [2.45, 2.75) is 31.6 Å². The highest BCUT2D eigenvalue weighted by Gasteiger charge is 2.20. The Morgan fingerprint density at radius 2 is 2.05 bits per heavy atom. The van der Waals surface area contributed by atoms with Gasteiger partial charge in [-0.3, -0.25) is 5.10 Å². The zero-order chi connectivity index (χ0) is 13.9. The second-order valence-electron chi connectivity index (χ2n) is 5.16. The predicted molar refractivity (Wildman–Crippen MR) is 76.5 cm³/mol. The van der Waals surface area contributed by atoms with Crippen LogP contribution in [0.3, 0.4) is 0 Å². The minimum atomic E-state index is -0.941. The molecule has 3 rings (SSSR count). The molecule has 0 amide bonds. The van der Waals surface area contributed by atoms with E-state index in [2.05, 4.69) is 15.5 Å². The Morgan fingerprint density at radius 1 is 1.30 bits per heavy atom. The van der Waals surface area contributed by atoms with Gasteiger partial charge in [0.15, 0.2) is 0 Å². The number of carboxylic acids is 1. The normalized spacial score (nSPS) is 15.4. The van der Waals surface area contributed by atoms with Crippen molar-refractivity contribution in [2.24, 2.45) is 0 Å². The third-order valence-electron chi connectivity index (χ3n) is 3.80. The molecule has 0 radical (unpaired) electrons. The fourth-order valence-electron chi connectivity index (χ4n) is 2.76. The van der Waals surface area contributed by atoms with Gasteiger partial charge in [-0.25, -0.2) is 4.79 Å². The van der Waals surface area contributed by atoms with Gasteiger partial charge < -0.3 is 10.4 Å². The van der Waals surface area contributed by atoms with Gasteiger partial charge >= 0.3 is 5.97 Å². The number of aromatic carboxylic acids is 1. The average molecular weight is 271 g/mol. The van der Waals surface area contributed by atoms with Gasteiger partial charge in [0.1, 0.15) is 5.82 Å². The molecule has 0 saturated heterocycles. The summed E-state index contributed by atoms with van der Waals surface area (Å²) < 4.78 is 0. The number of benzene rings is 1. The van der Waals surface area contributed by atoms with Crippen LogP contribution in [0.4, 0.5) is 11.5 Å². The standard InChI is InChI=1S/C15H17N3O2/c19-15(20)11-7-3-4-8-12(11)16-14-9-13(17-18-14)10-5-1-2-6-10/h3-4,7-10H,1-2,5-6H2,(H,19,20)(H2,16,17,18). The van der Waals surface area contributed by atoms with Crippen LogP contribution < -0.4 is 5.32 Å². The first-order valence-electron chi connectivity index (χ1n) is 6.88. The second kappa shape index (κ2) is 5.36. The monoisotopic (exact) mass is 271 g/mol. The van der Waals surface area contributed by atoms with E-state index in [9.17, 15) is 4.79 Å². The number of carbonyl (C=O) groups is 1. The van der Waals surface area contributed by atoms with Crippen LogP contribution in [-0.2, 0) is 0 Å². The van der Waals surface area contributed by atoms with E-state index < -0.39 is 5.97 Å². The molecule has 3 N–H and O–H groups in total. The summed E-state index contributed by atoms with van der Waals surface area (Å²) in [5.74, 6) is 0.334. The van der Waals surface area contributed by atoms with Gasteiger partial charge in [-0.15, -0.1) is 0 Å². The molecular weight excluding hydrogens is 254 g/mol. The van der Waals surface area contributed by atoms with E-state index >= 15 is 0 Å². The van der Waals surface area contributed by atoms with E-state index in [0.29, 0.717) is 11.6 Å². The summed E-state index contributed by atoms with van der Waals surface area (Å²) in [6.45, 7) is 0. The number of anilines is 2. The molecule has 1 heterocycles. The zero-order valence-corrected chi connectivity index (χ0v) is 11.1. The molecule has 1 fully saturated rings. The molecule has 1 aromatic heterocycles. The van der Waals surface area contributed by atoms with Crippen LogP contribution in [0.1, 0.15) is 47.7 Å². The molecule has 0 unspecified atom stereocenters. The van der Waals surface area contributed by atoms with Crippen molar-refractivity contribution in [1.82, 2.24) is 10.2 Å². The van der Waals surface area contributed by atoms with Crippen molar-refractivity contribution in [1.29, 1.82) is 0 Å². The van der Waals surface area contributed by atoms with Crippen molar-refractivity contribution in [3.63, 3.8) is 0 Å². The molecule has 1 aliphatic carbocycles. The third-order valence-corrected chi connectivity index (χ3v) is 3.80. The van der Waals surface area contributed by atoms with Crippen LogP contribution >= 0.6 is 0 Å². The van der Waals surface area contributed by atoms with Crippen LogP contribution in [0.25, 0.3) is 0 Å². The maximum Gasteiger partial charge on any atom is 0.337 e. The highest BCUT2D eigenvalue weighted by atomic mass is 16.4. The second-order valence-corrected chi connectivity index (χ2v) is 5.16. The Balaban J connectivity index is 1.79. The number of hydrogen-bond donors (Lipinski definition) is 3. The molecule has 104 valence electrons. The van der Waals surface area contributed by atoms with Gasteiger partial charge in [0, 0.05) is 12.0 Å². The van der Waals surface area contributed by atoms with Gasteiger partial charge in [-0.05, 0) is 25.0 Å². The Labute approximate surface area is 117 Å².